The SMILES string of the molecule is O=C(O)OC(c1c(C2CCCCC2)cc([N+](=O)[O-])cc1[N+](=O)[O-])C(F)(F)C(F)(F)C(F)(F)C(F)(F)C(F)(F)C(F)(F)C(F)(F)C(F)(F)C(F)(F)C(F)F. The minimum absolute atomic E-state index is 0.0296. The van der Waals surface area contributed by atoms with Crippen LogP contribution in [0.4, 0.5) is 104 Å². The third kappa shape index (κ3) is 6.57. The first-order chi connectivity index (χ1) is 23.5. The van der Waals surface area contributed by atoms with Gasteiger partial charge in [-0.2, -0.15) is 79.0 Å². The van der Waals surface area contributed by atoms with Gasteiger partial charge in [0.2, 0.25) is 6.10 Å². The van der Waals surface area contributed by atoms with Crippen molar-refractivity contribution in [3.63, 3.8) is 0 Å². The van der Waals surface area contributed by atoms with Crippen molar-refractivity contribution in [2.45, 2.75) is 104 Å². The third-order valence-electron chi connectivity index (χ3n) is 7.91. The van der Waals surface area contributed by atoms with Crippen LogP contribution >= 0.6 is 0 Å². The summed E-state index contributed by atoms with van der Waals surface area (Å²) in [4.78, 5) is 30.8. The maximum Gasteiger partial charge on any atom is 0.506 e. The number of hydrogen-bond donors (Lipinski definition) is 1. The Kier molecular flexibility index (Phi) is 11.6. The van der Waals surface area contributed by atoms with Crippen molar-refractivity contribution in [1.82, 2.24) is 0 Å². The van der Waals surface area contributed by atoms with Gasteiger partial charge in [-0.15, -0.1) is 0 Å². The van der Waals surface area contributed by atoms with Crippen LogP contribution in [0.1, 0.15) is 55.3 Å². The van der Waals surface area contributed by atoms with Gasteiger partial charge >= 0.3 is 65.9 Å². The molecule has 53 heavy (non-hydrogen) atoms. The fourth-order valence-electron chi connectivity index (χ4n) is 5.06. The number of nitro benzene ring substituents is 2. The number of ether oxygens (including phenoxy) is 1. The van der Waals surface area contributed by atoms with E-state index >= 15 is 17.6 Å². The summed E-state index contributed by atoms with van der Waals surface area (Å²) >= 11 is 0. The Labute approximate surface area is 278 Å². The molecule has 1 aliphatic rings. The lowest BCUT2D eigenvalue weighted by atomic mass is 9.78. The summed E-state index contributed by atoms with van der Waals surface area (Å²) in [7, 11) is 0. The molecule has 1 aromatic carbocycles. The first-order valence-electron chi connectivity index (χ1n) is 13.5. The highest BCUT2D eigenvalue weighted by molar-refractivity contribution is 5.61. The van der Waals surface area contributed by atoms with Crippen molar-refractivity contribution < 1.29 is 112 Å². The summed E-state index contributed by atoms with van der Waals surface area (Å²) in [6.45, 7) is 0. The van der Waals surface area contributed by atoms with Gasteiger partial charge in [-0.3, -0.25) is 20.2 Å². The van der Waals surface area contributed by atoms with Gasteiger partial charge in [-0.1, -0.05) is 19.3 Å². The molecule has 0 bridgehead atoms. The molecule has 0 amide bonds. The van der Waals surface area contributed by atoms with E-state index in [1.807, 2.05) is 0 Å². The summed E-state index contributed by atoms with van der Waals surface area (Å²) in [6.07, 6.45) is -15.3. The number of benzene rings is 1. The molecule has 0 heterocycles. The molecule has 1 saturated carbocycles. The van der Waals surface area contributed by atoms with Crippen molar-refractivity contribution in [2.24, 2.45) is 0 Å². The maximum atomic E-state index is 15.5. The zero-order chi connectivity index (χ0) is 41.9. The van der Waals surface area contributed by atoms with Gasteiger partial charge in [0.25, 0.3) is 11.4 Å². The predicted octanol–water partition coefficient (Wildman–Crippen LogP) is 10.3. The second kappa shape index (κ2) is 13.6. The summed E-state index contributed by atoms with van der Waals surface area (Å²) in [5.74, 6) is -80.7. The number of carbonyl (C=O) groups is 1. The van der Waals surface area contributed by atoms with Crippen LogP contribution in [0.2, 0.25) is 0 Å². The highest BCUT2D eigenvalue weighted by Crippen LogP contribution is 2.67. The number of alkyl halides is 20. The Morgan fingerprint density at radius 1 is 0.642 bits per heavy atom. The second-order valence-corrected chi connectivity index (χ2v) is 11.1. The van der Waals surface area contributed by atoms with Crippen LogP contribution in [0.15, 0.2) is 12.1 Å². The number of hydrogen-bond acceptors (Lipinski definition) is 6. The van der Waals surface area contributed by atoms with Crippen LogP contribution in [-0.2, 0) is 4.74 Å². The lowest BCUT2D eigenvalue weighted by Gasteiger charge is -2.45. The lowest BCUT2D eigenvalue weighted by Crippen LogP contribution is -2.76. The van der Waals surface area contributed by atoms with Crippen molar-refractivity contribution in [3.8, 4) is 0 Å². The summed E-state index contributed by atoms with van der Waals surface area (Å²) < 4.78 is 285. The zero-order valence-electron chi connectivity index (χ0n) is 24.8. The van der Waals surface area contributed by atoms with E-state index < -0.39 is 129 Å². The molecule has 0 aromatic heterocycles. The van der Waals surface area contributed by atoms with Crippen LogP contribution in [0.25, 0.3) is 0 Å². The van der Waals surface area contributed by atoms with E-state index in [-0.39, 0.29) is 25.3 Å². The molecule has 1 fully saturated rings. The monoisotopic (exact) mass is 824 g/mol. The van der Waals surface area contributed by atoms with E-state index in [2.05, 4.69) is 4.74 Å². The molecular weight excluding hydrogens is 808 g/mol. The number of rotatable bonds is 15. The fourth-order valence-corrected chi connectivity index (χ4v) is 5.06. The Balaban J connectivity index is 2.99. The molecule has 0 aliphatic heterocycles. The number of carboxylic acid groups (broad SMARTS) is 1. The molecule has 0 saturated heterocycles. The summed E-state index contributed by atoms with van der Waals surface area (Å²) in [5, 5.41) is 32.0. The average Bonchev–Trinajstić information content (AvgIpc) is 3.02. The molecule has 1 aromatic rings. The molecule has 29 heteroatoms. The van der Waals surface area contributed by atoms with Gasteiger partial charge < -0.3 is 9.84 Å². The molecule has 304 valence electrons. The van der Waals surface area contributed by atoms with Crippen molar-refractivity contribution in [1.29, 1.82) is 0 Å². The highest BCUT2D eigenvalue weighted by Gasteiger charge is 2.97. The maximum absolute atomic E-state index is 15.5. The molecule has 1 N–H and O–H groups in total. The van der Waals surface area contributed by atoms with E-state index in [0.29, 0.717) is 0 Å². The van der Waals surface area contributed by atoms with Crippen LogP contribution in [0.5, 0.6) is 0 Å². The zero-order valence-corrected chi connectivity index (χ0v) is 24.8. The number of halogens is 20. The Morgan fingerprint density at radius 3 is 1.36 bits per heavy atom. The molecule has 2 rings (SSSR count). The van der Waals surface area contributed by atoms with E-state index in [9.17, 15) is 95.3 Å². The Bertz CT molecular complexity index is 1580. The predicted molar refractivity (Wildman–Crippen MR) is 128 cm³/mol. The van der Waals surface area contributed by atoms with E-state index in [1.54, 1.807) is 0 Å². The van der Waals surface area contributed by atoms with Crippen molar-refractivity contribution in [3.05, 3.63) is 43.5 Å². The van der Waals surface area contributed by atoms with Crippen LogP contribution in [-0.4, -0.2) is 80.8 Å². The summed E-state index contributed by atoms with van der Waals surface area (Å²) in [6, 6.07) is -0.392. The normalized spacial score (nSPS) is 17.2. The molecule has 0 spiro atoms. The minimum Gasteiger partial charge on any atom is -0.450 e. The van der Waals surface area contributed by atoms with Gasteiger partial charge in [0.05, 0.1) is 21.5 Å². The lowest BCUT2D eigenvalue weighted by molar-refractivity contribution is -0.467. The average molecular weight is 824 g/mol. The van der Waals surface area contributed by atoms with E-state index in [0.717, 1.165) is 0 Å². The van der Waals surface area contributed by atoms with Crippen LogP contribution < -0.4 is 0 Å². The molecule has 1 aliphatic carbocycles. The van der Waals surface area contributed by atoms with Gasteiger partial charge in [0, 0.05) is 6.07 Å². The van der Waals surface area contributed by atoms with Crippen LogP contribution in [0.3, 0.4) is 0 Å². The van der Waals surface area contributed by atoms with Crippen molar-refractivity contribution >= 4 is 17.5 Å². The quantitative estimate of drug-likeness (QED) is 0.0806. The largest absolute Gasteiger partial charge is 0.506 e. The van der Waals surface area contributed by atoms with Gasteiger partial charge in [0.15, 0.2) is 0 Å². The fraction of sp³-hybridized carbons (Fsp3) is 0.708. The Morgan fingerprint density at radius 2 is 1.02 bits per heavy atom. The number of nitrogens with zero attached hydrogens (tertiary/aromatic N) is 2. The number of non-ortho nitro benzene ring substituents is 1. The van der Waals surface area contributed by atoms with Crippen molar-refractivity contribution in [2.75, 3.05) is 0 Å². The van der Waals surface area contributed by atoms with Gasteiger partial charge in [-0.05, 0) is 24.3 Å². The Hall–Kier alpha value is -4.11. The van der Waals surface area contributed by atoms with Gasteiger partial charge in [0.1, 0.15) is 0 Å². The third-order valence-corrected chi connectivity index (χ3v) is 7.91. The molecular formula is C24H16F20N2O7. The van der Waals surface area contributed by atoms with E-state index in [1.165, 1.54) is 0 Å². The summed E-state index contributed by atoms with van der Waals surface area (Å²) in [5.41, 5.74) is -7.54. The topological polar surface area (TPSA) is 133 Å². The second-order valence-electron chi connectivity index (χ2n) is 11.1. The molecule has 1 unspecified atom stereocenters. The minimum atomic E-state index is -9.37. The smallest absolute Gasteiger partial charge is 0.450 e. The molecule has 1 atom stereocenters. The first kappa shape index (κ1) is 45.0. The standard InChI is InChI=1S/C24H16F20N2O7/c25-14(26)17(29,30)19(33,34)21(37,38)23(41,42)24(43,44)22(39,40)20(35,36)18(31,32)16(27,28)13(53-15(47)48)12-10(8-4-2-1-3-5-8)6-9(45(49)50)7-11(12)46(51)52/h6-8,13-14H,1-5H2,(H,47,48). The van der Waals surface area contributed by atoms with Gasteiger partial charge in [-0.25, -0.2) is 13.6 Å². The highest BCUT2D eigenvalue weighted by atomic mass is 19.4. The number of nitro groups is 2. The van der Waals surface area contributed by atoms with Crippen LogP contribution in [0, 0.1) is 20.2 Å². The molecule has 9 nitrogen and oxygen atoms in total. The van der Waals surface area contributed by atoms with E-state index in [4.69, 9.17) is 5.11 Å². The first-order valence-corrected chi connectivity index (χ1v) is 13.5. The molecule has 0 radical (unpaired) electrons.